The third-order valence-electron chi connectivity index (χ3n) is 3.49. The van der Waals surface area contributed by atoms with E-state index in [1.165, 1.54) is 12.8 Å². The molecule has 0 spiro atoms. The van der Waals surface area contributed by atoms with Crippen LogP contribution < -0.4 is 10.6 Å². The predicted octanol–water partition coefficient (Wildman–Crippen LogP) is 1.74. The molecule has 1 aliphatic heterocycles. The first-order chi connectivity index (χ1) is 8.68. The smallest absolute Gasteiger partial charge is 0.272 e. The van der Waals surface area contributed by atoms with E-state index in [4.69, 9.17) is 0 Å². The van der Waals surface area contributed by atoms with Crippen LogP contribution in [0.25, 0.3) is 0 Å². The number of nitro benzene ring substituents is 1. The van der Waals surface area contributed by atoms with E-state index in [1.807, 2.05) is 13.0 Å². The zero-order chi connectivity index (χ0) is 13.0. The molecule has 1 aromatic rings. The summed E-state index contributed by atoms with van der Waals surface area (Å²) in [5.41, 5.74) is 1.98. The van der Waals surface area contributed by atoms with Gasteiger partial charge in [-0.15, -0.1) is 0 Å². The molecule has 0 saturated carbocycles. The zero-order valence-electron chi connectivity index (χ0n) is 10.6. The topological polar surface area (TPSA) is 67.2 Å². The average molecular weight is 249 g/mol. The van der Waals surface area contributed by atoms with Crippen molar-refractivity contribution in [3.8, 4) is 0 Å². The molecule has 2 N–H and O–H groups in total. The lowest BCUT2D eigenvalue weighted by Crippen LogP contribution is -2.42. The third kappa shape index (κ3) is 3.05. The Morgan fingerprint density at radius 2 is 2.39 bits per heavy atom. The fourth-order valence-electron chi connectivity index (χ4n) is 2.34. The summed E-state index contributed by atoms with van der Waals surface area (Å²) in [6.07, 6.45) is 2.35. The van der Waals surface area contributed by atoms with Gasteiger partial charge in [-0.1, -0.05) is 12.1 Å². The number of hydrogen-bond acceptors (Lipinski definition) is 4. The van der Waals surface area contributed by atoms with Crippen LogP contribution in [0.2, 0.25) is 0 Å². The van der Waals surface area contributed by atoms with Crippen molar-refractivity contribution in [2.24, 2.45) is 0 Å². The fraction of sp³-hybridized carbons (Fsp3) is 0.538. The molecule has 2 rings (SSSR count). The first-order valence-corrected chi connectivity index (χ1v) is 6.35. The SMILES string of the molecule is Cc1c(CNC2CCCNC2)cccc1[N+](=O)[O-]. The van der Waals surface area contributed by atoms with E-state index in [0.29, 0.717) is 12.6 Å². The Labute approximate surface area is 107 Å². The van der Waals surface area contributed by atoms with Gasteiger partial charge in [0.2, 0.25) is 0 Å². The van der Waals surface area contributed by atoms with Crippen molar-refractivity contribution in [2.45, 2.75) is 32.4 Å². The highest BCUT2D eigenvalue weighted by Gasteiger charge is 2.15. The van der Waals surface area contributed by atoms with Crippen LogP contribution in [-0.2, 0) is 6.54 Å². The van der Waals surface area contributed by atoms with Crippen LogP contribution in [0.1, 0.15) is 24.0 Å². The maximum Gasteiger partial charge on any atom is 0.272 e. The van der Waals surface area contributed by atoms with Crippen molar-refractivity contribution in [3.63, 3.8) is 0 Å². The zero-order valence-corrected chi connectivity index (χ0v) is 10.6. The summed E-state index contributed by atoms with van der Waals surface area (Å²) in [5.74, 6) is 0. The molecule has 1 heterocycles. The largest absolute Gasteiger partial charge is 0.315 e. The van der Waals surface area contributed by atoms with Crippen molar-refractivity contribution in [1.82, 2.24) is 10.6 Å². The summed E-state index contributed by atoms with van der Waals surface area (Å²) in [7, 11) is 0. The highest BCUT2D eigenvalue weighted by atomic mass is 16.6. The van der Waals surface area contributed by atoms with E-state index in [9.17, 15) is 10.1 Å². The van der Waals surface area contributed by atoms with Crippen LogP contribution >= 0.6 is 0 Å². The Kier molecular flexibility index (Phi) is 4.28. The summed E-state index contributed by atoms with van der Waals surface area (Å²) in [4.78, 5) is 10.5. The first-order valence-electron chi connectivity index (χ1n) is 6.35. The number of nitrogens with one attached hydrogen (secondary N) is 2. The van der Waals surface area contributed by atoms with Gasteiger partial charge >= 0.3 is 0 Å². The molecule has 18 heavy (non-hydrogen) atoms. The Morgan fingerprint density at radius 1 is 1.56 bits per heavy atom. The Morgan fingerprint density at radius 3 is 3.06 bits per heavy atom. The molecule has 1 saturated heterocycles. The summed E-state index contributed by atoms with van der Waals surface area (Å²) >= 11 is 0. The third-order valence-corrected chi connectivity index (χ3v) is 3.49. The van der Waals surface area contributed by atoms with E-state index in [0.717, 1.165) is 24.2 Å². The maximum atomic E-state index is 10.9. The molecule has 0 amide bonds. The summed E-state index contributed by atoms with van der Waals surface area (Å²) < 4.78 is 0. The molecule has 0 bridgehead atoms. The van der Waals surface area contributed by atoms with Gasteiger partial charge in [0.15, 0.2) is 0 Å². The second-order valence-electron chi connectivity index (χ2n) is 4.74. The summed E-state index contributed by atoms with van der Waals surface area (Å²) in [6, 6.07) is 5.73. The van der Waals surface area contributed by atoms with Crippen LogP contribution in [-0.4, -0.2) is 24.1 Å². The minimum absolute atomic E-state index is 0.205. The van der Waals surface area contributed by atoms with E-state index in [2.05, 4.69) is 10.6 Å². The molecule has 98 valence electrons. The van der Waals surface area contributed by atoms with Gasteiger partial charge in [-0.2, -0.15) is 0 Å². The van der Waals surface area contributed by atoms with Crippen molar-refractivity contribution >= 4 is 5.69 Å². The number of nitrogens with zero attached hydrogens (tertiary/aromatic N) is 1. The maximum absolute atomic E-state index is 10.9. The standard InChI is InChI=1S/C13H19N3O2/c1-10-11(4-2-6-13(10)16(17)18)8-15-12-5-3-7-14-9-12/h2,4,6,12,14-15H,3,5,7-9H2,1H3. The predicted molar refractivity (Wildman–Crippen MR) is 70.6 cm³/mol. The second kappa shape index (κ2) is 5.93. The lowest BCUT2D eigenvalue weighted by atomic mass is 10.0. The fourth-order valence-corrected chi connectivity index (χ4v) is 2.34. The molecule has 5 heteroatoms. The monoisotopic (exact) mass is 249 g/mol. The van der Waals surface area contributed by atoms with E-state index in [-0.39, 0.29) is 10.6 Å². The van der Waals surface area contributed by atoms with Gasteiger partial charge in [0.1, 0.15) is 0 Å². The quantitative estimate of drug-likeness (QED) is 0.630. The number of hydrogen-bond donors (Lipinski definition) is 2. The molecular formula is C13H19N3O2. The summed E-state index contributed by atoms with van der Waals surface area (Å²) in [5, 5.41) is 17.7. The van der Waals surface area contributed by atoms with Crippen molar-refractivity contribution in [2.75, 3.05) is 13.1 Å². The molecule has 1 fully saturated rings. The lowest BCUT2D eigenvalue weighted by Gasteiger charge is -2.24. The van der Waals surface area contributed by atoms with Crippen molar-refractivity contribution in [1.29, 1.82) is 0 Å². The minimum atomic E-state index is -0.318. The van der Waals surface area contributed by atoms with Crippen molar-refractivity contribution in [3.05, 3.63) is 39.4 Å². The van der Waals surface area contributed by atoms with Crippen LogP contribution in [0.15, 0.2) is 18.2 Å². The first kappa shape index (κ1) is 13.0. The van der Waals surface area contributed by atoms with Gasteiger partial charge in [0.05, 0.1) is 4.92 Å². The number of piperidine rings is 1. The van der Waals surface area contributed by atoms with E-state index < -0.39 is 0 Å². The molecule has 0 radical (unpaired) electrons. The molecule has 1 unspecified atom stereocenters. The Hall–Kier alpha value is -1.46. The number of nitro groups is 1. The second-order valence-corrected chi connectivity index (χ2v) is 4.74. The van der Waals surface area contributed by atoms with Crippen LogP contribution in [0, 0.1) is 17.0 Å². The van der Waals surface area contributed by atoms with E-state index in [1.54, 1.807) is 12.1 Å². The van der Waals surface area contributed by atoms with E-state index >= 15 is 0 Å². The molecule has 0 aliphatic carbocycles. The highest BCUT2D eigenvalue weighted by molar-refractivity contribution is 5.44. The molecule has 1 aromatic carbocycles. The highest BCUT2D eigenvalue weighted by Crippen LogP contribution is 2.21. The van der Waals surface area contributed by atoms with Gasteiger partial charge in [-0.05, 0) is 31.9 Å². The van der Waals surface area contributed by atoms with Gasteiger partial charge < -0.3 is 10.6 Å². The minimum Gasteiger partial charge on any atom is -0.315 e. The van der Waals surface area contributed by atoms with Gasteiger partial charge in [-0.3, -0.25) is 10.1 Å². The van der Waals surface area contributed by atoms with Crippen LogP contribution in [0.3, 0.4) is 0 Å². The molecule has 0 aromatic heterocycles. The number of benzene rings is 1. The number of rotatable bonds is 4. The molecule has 1 aliphatic rings. The van der Waals surface area contributed by atoms with Gasteiger partial charge in [0.25, 0.3) is 5.69 Å². The van der Waals surface area contributed by atoms with Gasteiger partial charge in [-0.25, -0.2) is 0 Å². The van der Waals surface area contributed by atoms with Gasteiger partial charge in [0, 0.05) is 30.8 Å². The van der Waals surface area contributed by atoms with Crippen LogP contribution in [0.5, 0.6) is 0 Å². The molecular weight excluding hydrogens is 230 g/mol. The van der Waals surface area contributed by atoms with Crippen LogP contribution in [0.4, 0.5) is 5.69 Å². The Bertz CT molecular complexity index is 428. The lowest BCUT2D eigenvalue weighted by molar-refractivity contribution is -0.385. The van der Waals surface area contributed by atoms with Crippen molar-refractivity contribution < 1.29 is 4.92 Å². The molecule has 1 atom stereocenters. The normalized spacial score (nSPS) is 19.7. The molecule has 5 nitrogen and oxygen atoms in total. The average Bonchev–Trinajstić information content (AvgIpc) is 2.38. The Balaban J connectivity index is 2.00. The summed E-state index contributed by atoms with van der Waals surface area (Å²) in [6.45, 7) is 4.58.